The summed E-state index contributed by atoms with van der Waals surface area (Å²) < 4.78 is 11.7. The van der Waals surface area contributed by atoms with Crippen LogP contribution >= 0.6 is 34.5 Å². The molecule has 3 rings (SSSR count). The quantitative estimate of drug-likeness (QED) is 0.180. The first-order chi connectivity index (χ1) is 20.1. The molecule has 0 saturated carbocycles. The first-order valence-electron chi connectivity index (χ1n) is 13.9. The number of primary amides is 1. The number of hydrogen-bond donors (Lipinski definition) is 3. The maximum atomic E-state index is 13.3. The maximum Gasteiger partial charge on any atom is 0.404 e. The van der Waals surface area contributed by atoms with Crippen LogP contribution in [0.4, 0.5) is 4.79 Å². The number of carbonyl (C=O) groups is 2. The average Bonchev–Trinajstić information content (AvgIpc) is 3.35. The van der Waals surface area contributed by atoms with Crippen LogP contribution in [0, 0.1) is 0 Å². The van der Waals surface area contributed by atoms with Gasteiger partial charge in [0.1, 0.15) is 17.4 Å². The molecule has 1 unspecified atom stereocenters. The van der Waals surface area contributed by atoms with E-state index in [0.717, 1.165) is 35.6 Å². The van der Waals surface area contributed by atoms with Crippen LogP contribution in [0.2, 0.25) is 10.0 Å². The molecule has 0 aliphatic rings. The highest BCUT2D eigenvalue weighted by Gasteiger charge is 2.21. The summed E-state index contributed by atoms with van der Waals surface area (Å²) in [6.07, 6.45) is -0.255. The number of phenols is 1. The van der Waals surface area contributed by atoms with Crippen LogP contribution in [-0.4, -0.2) is 83.9 Å². The number of fused-ring (bicyclic) bond motifs is 1. The number of rotatable bonds is 17. The number of hydrogen-bond acceptors (Lipinski definition) is 8. The minimum atomic E-state index is -0.926. The maximum absolute atomic E-state index is 13.3. The number of aromatic hydroxyl groups is 1. The summed E-state index contributed by atoms with van der Waals surface area (Å²) in [6, 6.07) is 8.52. The normalized spacial score (nSPS) is 12.1. The number of nitrogens with one attached hydrogen (secondary N) is 1. The second-order valence-electron chi connectivity index (χ2n) is 9.73. The van der Waals surface area contributed by atoms with Gasteiger partial charge in [0.15, 0.2) is 0 Å². The van der Waals surface area contributed by atoms with Crippen molar-refractivity contribution in [1.29, 1.82) is 0 Å². The van der Waals surface area contributed by atoms with Gasteiger partial charge in [0.25, 0.3) is 0 Å². The van der Waals surface area contributed by atoms with Crippen LogP contribution in [0.25, 0.3) is 10.2 Å². The third kappa shape index (κ3) is 9.88. The van der Waals surface area contributed by atoms with E-state index in [1.165, 1.54) is 6.07 Å². The zero-order valence-electron chi connectivity index (χ0n) is 23.9. The van der Waals surface area contributed by atoms with Crippen molar-refractivity contribution in [1.82, 2.24) is 14.8 Å². The number of ether oxygens (including phenoxy) is 2. The molecule has 230 valence electrons. The summed E-state index contributed by atoms with van der Waals surface area (Å²) in [5.74, 6) is -0.114. The fraction of sp³-hybridized carbons (Fsp3) is 0.483. The van der Waals surface area contributed by atoms with Gasteiger partial charge in [0.2, 0.25) is 5.91 Å². The van der Waals surface area contributed by atoms with Crippen molar-refractivity contribution in [3.8, 4) is 5.75 Å². The molecule has 42 heavy (non-hydrogen) atoms. The van der Waals surface area contributed by atoms with Gasteiger partial charge in [0.05, 0.1) is 24.3 Å². The molecule has 13 heteroatoms. The van der Waals surface area contributed by atoms with E-state index < -0.39 is 12.2 Å². The first-order valence-corrected chi connectivity index (χ1v) is 15.5. The Bertz CT molecular complexity index is 1370. The second kappa shape index (κ2) is 16.7. The lowest BCUT2D eigenvalue weighted by atomic mass is 10.0. The van der Waals surface area contributed by atoms with E-state index in [0.29, 0.717) is 59.3 Å². The van der Waals surface area contributed by atoms with Crippen molar-refractivity contribution >= 4 is 56.8 Å². The van der Waals surface area contributed by atoms with Gasteiger partial charge in [-0.25, -0.2) is 4.79 Å². The van der Waals surface area contributed by atoms with Gasteiger partial charge in [-0.05, 0) is 48.8 Å². The molecule has 1 aromatic heterocycles. The van der Waals surface area contributed by atoms with Gasteiger partial charge in [-0.1, -0.05) is 60.5 Å². The van der Waals surface area contributed by atoms with Crippen LogP contribution < -0.4 is 10.6 Å². The van der Waals surface area contributed by atoms with E-state index in [9.17, 15) is 19.5 Å². The summed E-state index contributed by atoms with van der Waals surface area (Å²) in [5.41, 5.74) is 7.25. The van der Waals surface area contributed by atoms with Gasteiger partial charge in [-0.2, -0.15) is 0 Å². The number of nitrogens with two attached hydrogens (primary N) is 1. The van der Waals surface area contributed by atoms with Gasteiger partial charge in [0, 0.05) is 42.5 Å². The summed E-state index contributed by atoms with van der Waals surface area (Å²) in [4.78, 5) is 43.2. The van der Waals surface area contributed by atoms with E-state index in [1.807, 2.05) is 0 Å². The molecular weight excluding hydrogens is 603 g/mol. The molecule has 0 saturated heterocycles. The van der Waals surface area contributed by atoms with Crippen LogP contribution in [0.3, 0.4) is 0 Å². The molecule has 0 bridgehead atoms. The Kier molecular flexibility index (Phi) is 13.4. The Hall–Kier alpha value is -2.83. The van der Waals surface area contributed by atoms with Crippen LogP contribution in [0.5, 0.6) is 5.75 Å². The topological polar surface area (TPSA) is 138 Å². The van der Waals surface area contributed by atoms with Gasteiger partial charge < -0.3 is 35.1 Å². The highest BCUT2D eigenvalue weighted by atomic mass is 35.5. The monoisotopic (exact) mass is 640 g/mol. The minimum Gasteiger partial charge on any atom is -0.506 e. The molecule has 0 aliphatic heterocycles. The Morgan fingerprint density at radius 2 is 1.79 bits per heavy atom. The molecule has 0 spiro atoms. The predicted molar refractivity (Wildman–Crippen MR) is 167 cm³/mol. The number of aromatic nitrogens is 1. The van der Waals surface area contributed by atoms with E-state index in [-0.39, 0.29) is 36.0 Å². The third-order valence-electron chi connectivity index (χ3n) is 7.04. The van der Waals surface area contributed by atoms with Crippen molar-refractivity contribution < 1.29 is 24.2 Å². The number of nitrogens with zero attached hydrogens (tertiary/aromatic N) is 2. The van der Waals surface area contributed by atoms with Crippen LogP contribution in [0.1, 0.15) is 37.8 Å². The van der Waals surface area contributed by atoms with Crippen molar-refractivity contribution in [3.63, 3.8) is 0 Å². The number of phenolic OH excluding ortho intramolecular Hbond substituents is 1. The smallest absolute Gasteiger partial charge is 0.404 e. The number of amides is 2. The molecular formula is C29H38Cl2N4O6S. The average molecular weight is 642 g/mol. The molecule has 1 atom stereocenters. The molecule has 0 radical (unpaired) electrons. The van der Waals surface area contributed by atoms with Crippen LogP contribution in [-0.2, 0) is 27.1 Å². The molecule has 10 nitrogen and oxygen atoms in total. The number of halogens is 2. The van der Waals surface area contributed by atoms with E-state index >= 15 is 0 Å². The van der Waals surface area contributed by atoms with Crippen molar-refractivity contribution in [2.24, 2.45) is 5.73 Å². The van der Waals surface area contributed by atoms with Gasteiger partial charge in [-0.15, -0.1) is 0 Å². The van der Waals surface area contributed by atoms with Gasteiger partial charge >= 0.3 is 11.0 Å². The summed E-state index contributed by atoms with van der Waals surface area (Å²) >= 11 is 13.4. The zero-order valence-corrected chi connectivity index (χ0v) is 26.2. The van der Waals surface area contributed by atoms with Crippen molar-refractivity contribution in [3.05, 3.63) is 61.2 Å². The number of benzene rings is 2. The lowest BCUT2D eigenvalue weighted by Crippen LogP contribution is -2.41. The Labute approximate surface area is 259 Å². The van der Waals surface area contributed by atoms with Crippen molar-refractivity contribution in [2.75, 3.05) is 45.9 Å². The number of aromatic amines is 1. The third-order valence-corrected chi connectivity index (χ3v) is 8.71. The molecule has 1 heterocycles. The standard InChI is InChI=1S/C29H38Cl2N4O6S/c1-3-34(4-2)14-15-35(25(37)12-17-40-16-11-21-22(30)6-5-7-23(21)31)13-10-20(41-28(32)38)18-19-8-9-24(36)26-27(19)42-29(39)33-26/h5-9,20,36H,3-4,10-18H2,1-2H3,(H2,32,38)(H,33,39). The first kappa shape index (κ1) is 33.7. The molecule has 2 amide bonds. The Morgan fingerprint density at radius 1 is 1.07 bits per heavy atom. The Balaban J connectivity index is 1.63. The number of carbonyl (C=O) groups excluding carboxylic acids is 2. The lowest BCUT2D eigenvalue weighted by Gasteiger charge is -2.28. The summed E-state index contributed by atoms with van der Waals surface area (Å²) in [7, 11) is 0. The van der Waals surface area contributed by atoms with Crippen LogP contribution in [0.15, 0.2) is 35.1 Å². The summed E-state index contributed by atoms with van der Waals surface area (Å²) in [5, 5.41) is 11.3. The van der Waals surface area contributed by atoms with E-state index in [1.54, 1.807) is 29.2 Å². The molecule has 4 N–H and O–H groups in total. The highest BCUT2D eigenvalue weighted by Crippen LogP contribution is 2.29. The minimum absolute atomic E-state index is 0.0372. The number of thiazole rings is 1. The van der Waals surface area contributed by atoms with E-state index in [2.05, 4.69) is 23.7 Å². The molecule has 0 aliphatic carbocycles. The largest absolute Gasteiger partial charge is 0.506 e. The number of likely N-dealkylation sites (N-methyl/N-ethyl adjacent to an activating group) is 1. The van der Waals surface area contributed by atoms with Crippen molar-refractivity contribution in [2.45, 2.75) is 45.6 Å². The zero-order chi connectivity index (χ0) is 30.6. The molecule has 0 fully saturated rings. The SMILES string of the molecule is CCN(CC)CCN(CCC(Cc1ccc(O)c2[nH]c(=O)sc12)OC(N)=O)C(=O)CCOCCc1c(Cl)cccc1Cl. The van der Waals surface area contributed by atoms with E-state index in [4.69, 9.17) is 38.4 Å². The Morgan fingerprint density at radius 3 is 2.45 bits per heavy atom. The molecule has 2 aromatic carbocycles. The second-order valence-corrected chi connectivity index (χ2v) is 11.5. The fourth-order valence-corrected chi connectivity index (χ4v) is 6.14. The number of H-pyrrole nitrogens is 1. The summed E-state index contributed by atoms with van der Waals surface area (Å²) in [6.45, 7) is 7.99. The fourth-order valence-electron chi connectivity index (χ4n) is 4.67. The lowest BCUT2D eigenvalue weighted by molar-refractivity contribution is -0.132. The molecule has 3 aromatic rings. The predicted octanol–water partition coefficient (Wildman–Crippen LogP) is 4.82. The van der Waals surface area contributed by atoms with Gasteiger partial charge in [-0.3, -0.25) is 9.59 Å². The highest BCUT2D eigenvalue weighted by molar-refractivity contribution is 7.16.